The monoisotopic (exact) mass is 327 g/mol. The molecule has 1 aromatic heterocycles. The first-order chi connectivity index (χ1) is 11.0. The molecule has 5 heteroatoms. The van der Waals surface area contributed by atoms with Crippen molar-refractivity contribution in [2.75, 3.05) is 0 Å². The van der Waals surface area contributed by atoms with E-state index < -0.39 is 0 Å². The predicted octanol–water partition coefficient (Wildman–Crippen LogP) is 3.69. The van der Waals surface area contributed by atoms with Crippen LogP contribution < -0.4 is 11.3 Å². The van der Waals surface area contributed by atoms with E-state index in [0.717, 1.165) is 5.69 Å². The molecule has 118 valence electrons. The summed E-state index contributed by atoms with van der Waals surface area (Å²) in [4.78, 5) is 17.7. The molecular weight excluding hydrogens is 310 g/mol. The summed E-state index contributed by atoms with van der Waals surface area (Å²) >= 11 is 6.23. The Morgan fingerprint density at radius 1 is 1.09 bits per heavy atom. The largest absolute Gasteiger partial charge is 0.321 e. The molecule has 0 fully saturated rings. The summed E-state index contributed by atoms with van der Waals surface area (Å²) in [7, 11) is 0. The molecule has 0 aliphatic heterocycles. The number of hydrogen-bond donors (Lipinski definition) is 1. The van der Waals surface area contributed by atoms with Gasteiger partial charge in [-0.3, -0.25) is 9.36 Å². The van der Waals surface area contributed by atoms with Gasteiger partial charge in [-0.25, -0.2) is 4.98 Å². The topological polar surface area (TPSA) is 60.9 Å². The second kappa shape index (κ2) is 6.14. The summed E-state index contributed by atoms with van der Waals surface area (Å²) in [5.74, 6) is 0.694. The van der Waals surface area contributed by atoms with Crippen LogP contribution in [0.25, 0.3) is 16.6 Å². The number of aromatic nitrogens is 2. The zero-order valence-corrected chi connectivity index (χ0v) is 13.8. The average Bonchev–Trinajstić information content (AvgIpc) is 2.54. The van der Waals surface area contributed by atoms with Gasteiger partial charge in [0, 0.05) is 0 Å². The third kappa shape index (κ3) is 2.76. The van der Waals surface area contributed by atoms with Gasteiger partial charge in [0.25, 0.3) is 5.56 Å². The van der Waals surface area contributed by atoms with Crippen LogP contribution in [0, 0.1) is 5.92 Å². The van der Waals surface area contributed by atoms with Crippen molar-refractivity contribution in [1.82, 2.24) is 9.55 Å². The van der Waals surface area contributed by atoms with Crippen molar-refractivity contribution < 1.29 is 0 Å². The molecule has 0 amide bonds. The Balaban J connectivity index is 2.43. The van der Waals surface area contributed by atoms with Crippen LogP contribution in [0.2, 0.25) is 5.02 Å². The molecule has 23 heavy (non-hydrogen) atoms. The summed E-state index contributed by atoms with van der Waals surface area (Å²) in [5.41, 5.74) is 7.43. The minimum absolute atomic E-state index is 0.147. The fraction of sp³-hybridized carbons (Fsp3) is 0.222. The molecule has 0 unspecified atom stereocenters. The molecule has 4 nitrogen and oxygen atoms in total. The minimum atomic E-state index is -0.355. The number of benzene rings is 2. The highest BCUT2D eigenvalue weighted by Crippen LogP contribution is 2.24. The Bertz CT molecular complexity index is 903. The van der Waals surface area contributed by atoms with Crippen LogP contribution in [0.1, 0.15) is 25.7 Å². The van der Waals surface area contributed by atoms with Crippen LogP contribution in [-0.2, 0) is 0 Å². The first kappa shape index (κ1) is 15.7. The quantitative estimate of drug-likeness (QED) is 0.798. The third-order valence-corrected chi connectivity index (χ3v) is 4.22. The first-order valence-electron chi connectivity index (χ1n) is 7.53. The lowest BCUT2D eigenvalue weighted by molar-refractivity contribution is 0.480. The van der Waals surface area contributed by atoms with Gasteiger partial charge in [-0.15, -0.1) is 0 Å². The van der Waals surface area contributed by atoms with Crippen molar-refractivity contribution in [2.45, 2.75) is 19.9 Å². The molecular formula is C18H18ClN3O. The number of hydrogen-bond acceptors (Lipinski definition) is 3. The first-order valence-corrected chi connectivity index (χ1v) is 7.90. The van der Waals surface area contributed by atoms with Gasteiger partial charge in [0.1, 0.15) is 5.82 Å². The molecule has 2 N–H and O–H groups in total. The number of rotatable bonds is 3. The highest BCUT2D eigenvalue weighted by molar-refractivity contribution is 6.35. The number of para-hydroxylation sites is 1. The smallest absolute Gasteiger partial charge is 0.267 e. The highest BCUT2D eigenvalue weighted by Gasteiger charge is 2.21. The number of halogens is 1. The van der Waals surface area contributed by atoms with E-state index in [1.54, 1.807) is 22.8 Å². The Kier molecular flexibility index (Phi) is 4.20. The predicted molar refractivity (Wildman–Crippen MR) is 94.1 cm³/mol. The van der Waals surface area contributed by atoms with Gasteiger partial charge in [-0.05, 0) is 30.2 Å². The van der Waals surface area contributed by atoms with E-state index >= 15 is 0 Å². The normalized spacial score (nSPS) is 12.7. The van der Waals surface area contributed by atoms with Crippen molar-refractivity contribution in [3.63, 3.8) is 0 Å². The fourth-order valence-electron chi connectivity index (χ4n) is 2.56. The van der Waals surface area contributed by atoms with E-state index in [2.05, 4.69) is 4.98 Å². The lowest BCUT2D eigenvalue weighted by Gasteiger charge is -2.21. The standard InChI is InChI=1S/C18H18ClN3O/c1-11(2)16(20)17-21-14-10-6-9-13(19)15(14)18(23)22(17)12-7-4-3-5-8-12/h3-11,16H,20H2,1-2H3/t16-/m1/s1. The zero-order chi connectivity index (χ0) is 16.6. The maximum atomic E-state index is 13.1. The van der Waals surface area contributed by atoms with Gasteiger partial charge in [0.15, 0.2) is 0 Å². The van der Waals surface area contributed by atoms with E-state index in [1.165, 1.54) is 0 Å². The summed E-state index contributed by atoms with van der Waals surface area (Å²) in [5, 5.41) is 0.812. The molecule has 1 atom stereocenters. The van der Waals surface area contributed by atoms with Crippen LogP contribution in [0.15, 0.2) is 53.3 Å². The Morgan fingerprint density at radius 3 is 2.43 bits per heavy atom. The van der Waals surface area contributed by atoms with Crippen LogP contribution in [0.3, 0.4) is 0 Å². The summed E-state index contributed by atoms with van der Waals surface area (Å²) in [6.07, 6.45) is 0. The van der Waals surface area contributed by atoms with E-state index in [0.29, 0.717) is 21.7 Å². The van der Waals surface area contributed by atoms with Gasteiger partial charge in [-0.2, -0.15) is 0 Å². The van der Waals surface area contributed by atoms with Crippen molar-refractivity contribution in [3.8, 4) is 5.69 Å². The molecule has 0 aliphatic carbocycles. The maximum Gasteiger partial charge on any atom is 0.267 e. The Morgan fingerprint density at radius 2 is 1.78 bits per heavy atom. The molecule has 0 saturated heterocycles. The van der Waals surface area contributed by atoms with E-state index in [9.17, 15) is 4.79 Å². The van der Waals surface area contributed by atoms with Gasteiger partial charge in [-0.1, -0.05) is 49.7 Å². The molecule has 0 bridgehead atoms. The summed E-state index contributed by atoms with van der Waals surface area (Å²) in [6.45, 7) is 4.02. The molecule has 1 heterocycles. The second-order valence-corrected chi connectivity index (χ2v) is 6.26. The molecule has 0 saturated carbocycles. The average molecular weight is 328 g/mol. The van der Waals surface area contributed by atoms with Gasteiger partial charge >= 0.3 is 0 Å². The molecule has 0 radical (unpaired) electrons. The Labute approximate surface area is 139 Å². The molecule has 3 aromatic rings. The summed E-state index contributed by atoms with van der Waals surface area (Å²) in [6, 6.07) is 14.3. The van der Waals surface area contributed by atoms with Crippen LogP contribution in [0.4, 0.5) is 0 Å². The molecule has 0 spiro atoms. The van der Waals surface area contributed by atoms with Gasteiger partial charge < -0.3 is 5.73 Å². The van der Waals surface area contributed by atoms with E-state index in [1.807, 2.05) is 44.2 Å². The van der Waals surface area contributed by atoms with Crippen molar-refractivity contribution in [3.05, 3.63) is 69.7 Å². The number of nitrogens with zero attached hydrogens (tertiary/aromatic N) is 2. The SMILES string of the molecule is CC(C)[C@@H](N)c1nc2cccc(Cl)c2c(=O)n1-c1ccccc1. The van der Waals surface area contributed by atoms with E-state index in [4.69, 9.17) is 17.3 Å². The maximum absolute atomic E-state index is 13.1. The second-order valence-electron chi connectivity index (χ2n) is 5.85. The minimum Gasteiger partial charge on any atom is -0.321 e. The molecule has 3 rings (SSSR count). The number of nitrogens with two attached hydrogens (primary N) is 1. The molecule has 0 aliphatic rings. The van der Waals surface area contributed by atoms with Crippen LogP contribution in [0.5, 0.6) is 0 Å². The Hall–Kier alpha value is -2.17. The van der Waals surface area contributed by atoms with Crippen LogP contribution in [-0.4, -0.2) is 9.55 Å². The van der Waals surface area contributed by atoms with Gasteiger partial charge in [0.2, 0.25) is 0 Å². The van der Waals surface area contributed by atoms with Gasteiger partial charge in [0.05, 0.1) is 27.7 Å². The highest BCUT2D eigenvalue weighted by atomic mass is 35.5. The van der Waals surface area contributed by atoms with Crippen molar-refractivity contribution in [1.29, 1.82) is 0 Å². The van der Waals surface area contributed by atoms with Crippen LogP contribution >= 0.6 is 11.6 Å². The molecule has 2 aromatic carbocycles. The summed E-state index contributed by atoms with van der Waals surface area (Å²) < 4.78 is 1.57. The lowest BCUT2D eigenvalue weighted by Crippen LogP contribution is -2.30. The van der Waals surface area contributed by atoms with E-state index in [-0.39, 0.29) is 17.5 Å². The fourth-order valence-corrected chi connectivity index (χ4v) is 2.81. The lowest BCUT2D eigenvalue weighted by atomic mass is 10.0. The zero-order valence-electron chi connectivity index (χ0n) is 13.0. The third-order valence-electron chi connectivity index (χ3n) is 3.90. The number of fused-ring (bicyclic) bond motifs is 1. The van der Waals surface area contributed by atoms with Crippen molar-refractivity contribution >= 4 is 22.5 Å². The van der Waals surface area contributed by atoms with Crippen molar-refractivity contribution in [2.24, 2.45) is 11.7 Å².